The van der Waals surface area contributed by atoms with Gasteiger partial charge < -0.3 is 45.9 Å². The molecule has 2 aromatic heterocycles. The second-order valence-corrected chi connectivity index (χ2v) is 12.2. The molecule has 5 amide bonds. The average molecular weight is 772 g/mol. The number of hydrogen-bond acceptors (Lipinski definition) is 14. The van der Waals surface area contributed by atoms with Crippen molar-refractivity contribution in [2.24, 2.45) is 5.73 Å². The molecular formula is C37H41N9O10. The van der Waals surface area contributed by atoms with E-state index in [1.807, 2.05) is 0 Å². The van der Waals surface area contributed by atoms with Crippen LogP contribution >= 0.6 is 0 Å². The summed E-state index contributed by atoms with van der Waals surface area (Å²) >= 11 is 0. The van der Waals surface area contributed by atoms with Crippen molar-refractivity contribution in [1.82, 2.24) is 30.7 Å². The van der Waals surface area contributed by atoms with Crippen LogP contribution in [0.5, 0.6) is 11.6 Å². The van der Waals surface area contributed by atoms with Crippen LogP contribution in [0, 0.1) is 0 Å². The van der Waals surface area contributed by atoms with Crippen LogP contribution in [-0.4, -0.2) is 115 Å². The predicted octanol–water partition coefficient (Wildman–Crippen LogP) is 1.19. The molecule has 294 valence electrons. The topological polar surface area (TPSA) is 272 Å². The Balaban J connectivity index is 0.960. The molecule has 3 heterocycles. The predicted molar refractivity (Wildman–Crippen MR) is 200 cm³/mol. The van der Waals surface area contributed by atoms with Gasteiger partial charge in [0, 0.05) is 49.2 Å². The molecule has 0 aliphatic carbocycles. The first kappa shape index (κ1) is 40.3. The second-order valence-electron chi connectivity index (χ2n) is 12.2. The number of nitrogens with zero attached hydrogens (tertiary/aromatic N) is 3. The minimum Gasteiger partial charge on any atom is -0.483 e. The van der Waals surface area contributed by atoms with Crippen molar-refractivity contribution in [3.8, 4) is 22.9 Å². The molecule has 56 heavy (non-hydrogen) atoms. The van der Waals surface area contributed by atoms with Crippen molar-refractivity contribution in [2.45, 2.75) is 18.9 Å². The number of anilines is 3. The van der Waals surface area contributed by atoms with Crippen LogP contribution < -0.4 is 36.9 Å². The maximum absolute atomic E-state index is 13.1. The number of nitrogens with two attached hydrogens (primary N) is 2. The number of amides is 5. The highest BCUT2D eigenvalue weighted by molar-refractivity contribution is 6.07. The Hall–Kier alpha value is -6.86. The summed E-state index contributed by atoms with van der Waals surface area (Å²) in [6, 6.07) is 13.7. The Morgan fingerprint density at radius 3 is 2.48 bits per heavy atom. The van der Waals surface area contributed by atoms with Crippen LogP contribution in [0.3, 0.4) is 0 Å². The molecule has 2 aromatic carbocycles. The third kappa shape index (κ3) is 10.6. The Labute approximate surface area is 320 Å². The number of likely N-dealkylation sites (N-methyl/N-ethyl adjacent to an activating group) is 1. The number of piperidine rings is 1. The summed E-state index contributed by atoms with van der Waals surface area (Å²) in [6.07, 6.45) is 2.22. The average Bonchev–Trinajstić information content (AvgIpc) is 3.61. The van der Waals surface area contributed by atoms with E-state index in [-0.39, 0.29) is 80.7 Å². The van der Waals surface area contributed by atoms with Crippen LogP contribution in [-0.2, 0) is 23.9 Å². The highest BCUT2D eigenvalue weighted by Crippen LogP contribution is 2.30. The van der Waals surface area contributed by atoms with Crippen LogP contribution in [0.2, 0.25) is 0 Å². The lowest BCUT2D eigenvalue weighted by molar-refractivity contribution is -0.136. The van der Waals surface area contributed by atoms with Gasteiger partial charge in [-0.25, -0.2) is 4.98 Å². The fourth-order valence-corrected chi connectivity index (χ4v) is 5.58. The van der Waals surface area contributed by atoms with Crippen LogP contribution in [0.25, 0.3) is 11.3 Å². The van der Waals surface area contributed by atoms with Gasteiger partial charge in [-0.05, 0) is 36.8 Å². The fourth-order valence-electron chi connectivity index (χ4n) is 5.58. The van der Waals surface area contributed by atoms with E-state index >= 15 is 0 Å². The van der Waals surface area contributed by atoms with E-state index in [9.17, 15) is 28.8 Å². The summed E-state index contributed by atoms with van der Waals surface area (Å²) in [5, 5.41) is 15.0. The van der Waals surface area contributed by atoms with Crippen molar-refractivity contribution in [3.05, 3.63) is 77.5 Å². The quantitative estimate of drug-likeness (QED) is 0.0319. The van der Waals surface area contributed by atoms with Gasteiger partial charge in [0.15, 0.2) is 18.7 Å². The summed E-state index contributed by atoms with van der Waals surface area (Å²) in [6.45, 7) is 0.910. The number of nitrogen functional groups attached to an aromatic ring is 1. The van der Waals surface area contributed by atoms with Gasteiger partial charge in [0.05, 0.1) is 43.2 Å². The maximum atomic E-state index is 13.1. The standard InChI is InChI=1S/C37H41N9O10/c1-46(27-9-10-29(48)43-36(27)51)37(52)25-3-2-4-28(26(25)20-47)56-21-30(49)40-13-14-53-15-16-54-17-18-55-31-19-24(11-12-41-31)42-35-32(34(39)50)33(44-45-35)22-5-7-23(38)8-6-22/h2-8,11-12,19-20,27H,9-10,13-18,21,38H2,1H3,(H2,39,50)(H,40,49)(H,43,48,51)(H2,41,42,44,45). The number of hydrogen-bond donors (Lipinski definition) is 6. The Morgan fingerprint density at radius 1 is 1.00 bits per heavy atom. The molecule has 0 bridgehead atoms. The fraction of sp³-hybridized carbons (Fsp3) is 0.297. The van der Waals surface area contributed by atoms with Gasteiger partial charge in [0.25, 0.3) is 17.7 Å². The molecule has 0 spiro atoms. The summed E-state index contributed by atoms with van der Waals surface area (Å²) in [5.74, 6) is -2.20. The zero-order valence-electron chi connectivity index (χ0n) is 30.4. The molecule has 19 nitrogen and oxygen atoms in total. The van der Waals surface area contributed by atoms with E-state index in [4.69, 9.17) is 30.4 Å². The number of aromatic amines is 1. The Kier molecular flexibility index (Phi) is 14.0. The molecular weight excluding hydrogens is 730 g/mol. The van der Waals surface area contributed by atoms with E-state index in [2.05, 4.69) is 31.1 Å². The number of carbonyl (C=O) groups is 6. The number of aldehydes is 1. The Bertz CT molecular complexity index is 2050. The SMILES string of the molecule is CN(C(=O)c1cccc(OCC(=O)NCCOCCOCCOc2cc(Nc3n[nH]c(-c4ccc(N)cc4)c3C(N)=O)ccn2)c1C=O)C1CCC(=O)NC1=O. The number of aromatic nitrogens is 3. The van der Waals surface area contributed by atoms with E-state index < -0.39 is 42.2 Å². The minimum atomic E-state index is -0.874. The molecule has 1 unspecified atom stereocenters. The normalized spacial score (nSPS) is 13.7. The van der Waals surface area contributed by atoms with Crippen molar-refractivity contribution >= 4 is 53.0 Å². The monoisotopic (exact) mass is 771 g/mol. The maximum Gasteiger partial charge on any atom is 0.258 e. The van der Waals surface area contributed by atoms with Gasteiger partial charge in [0.2, 0.25) is 17.7 Å². The number of pyridine rings is 1. The number of rotatable bonds is 20. The van der Waals surface area contributed by atoms with Gasteiger partial charge in [-0.15, -0.1) is 0 Å². The van der Waals surface area contributed by atoms with E-state index in [1.165, 1.54) is 36.3 Å². The number of ether oxygens (including phenoxy) is 4. The molecule has 1 fully saturated rings. The zero-order valence-corrected chi connectivity index (χ0v) is 30.4. The molecule has 0 radical (unpaired) electrons. The van der Waals surface area contributed by atoms with Crippen molar-refractivity contribution in [1.29, 1.82) is 0 Å². The smallest absolute Gasteiger partial charge is 0.258 e. The van der Waals surface area contributed by atoms with Gasteiger partial charge >= 0.3 is 0 Å². The van der Waals surface area contributed by atoms with E-state index in [1.54, 1.807) is 36.4 Å². The zero-order chi connectivity index (χ0) is 40.0. The largest absolute Gasteiger partial charge is 0.483 e. The van der Waals surface area contributed by atoms with E-state index in [0.29, 0.717) is 34.8 Å². The summed E-state index contributed by atoms with van der Waals surface area (Å²) < 4.78 is 22.2. The number of primary amides is 1. The molecule has 4 aromatic rings. The van der Waals surface area contributed by atoms with Gasteiger partial charge in [0.1, 0.15) is 24.0 Å². The number of nitrogens with one attached hydrogen (secondary N) is 4. The third-order valence-electron chi connectivity index (χ3n) is 8.40. The first-order chi connectivity index (χ1) is 27.0. The number of benzene rings is 2. The molecule has 1 aliphatic rings. The molecule has 8 N–H and O–H groups in total. The number of carbonyl (C=O) groups excluding carboxylic acids is 6. The lowest BCUT2D eigenvalue weighted by Gasteiger charge is -2.30. The van der Waals surface area contributed by atoms with Gasteiger partial charge in [-0.3, -0.25) is 39.2 Å². The molecule has 19 heteroatoms. The van der Waals surface area contributed by atoms with Crippen LogP contribution in [0.4, 0.5) is 17.2 Å². The first-order valence-electron chi connectivity index (χ1n) is 17.4. The van der Waals surface area contributed by atoms with Gasteiger partial charge in [-0.2, -0.15) is 5.10 Å². The molecule has 1 atom stereocenters. The highest BCUT2D eigenvalue weighted by Gasteiger charge is 2.33. The van der Waals surface area contributed by atoms with Crippen molar-refractivity contribution in [3.63, 3.8) is 0 Å². The highest BCUT2D eigenvalue weighted by atomic mass is 16.5. The third-order valence-corrected chi connectivity index (χ3v) is 8.40. The summed E-state index contributed by atoms with van der Waals surface area (Å²) in [5.41, 5.74) is 13.8. The lowest BCUT2D eigenvalue weighted by Crippen LogP contribution is -2.53. The second kappa shape index (κ2) is 19.5. The minimum absolute atomic E-state index is 0.0108. The summed E-state index contributed by atoms with van der Waals surface area (Å²) in [7, 11) is 1.41. The van der Waals surface area contributed by atoms with Gasteiger partial charge in [-0.1, -0.05) is 18.2 Å². The lowest BCUT2D eigenvalue weighted by atomic mass is 10.0. The van der Waals surface area contributed by atoms with E-state index in [0.717, 1.165) is 0 Å². The molecule has 5 rings (SSSR count). The number of imide groups is 1. The van der Waals surface area contributed by atoms with Crippen LogP contribution in [0.15, 0.2) is 60.8 Å². The molecule has 1 saturated heterocycles. The van der Waals surface area contributed by atoms with Crippen LogP contribution in [0.1, 0.15) is 43.9 Å². The first-order valence-corrected chi connectivity index (χ1v) is 17.4. The molecule has 0 saturated carbocycles. The summed E-state index contributed by atoms with van der Waals surface area (Å²) in [4.78, 5) is 78.8. The van der Waals surface area contributed by atoms with Crippen molar-refractivity contribution < 1.29 is 47.7 Å². The number of H-pyrrole nitrogens is 1. The Morgan fingerprint density at radius 2 is 1.75 bits per heavy atom. The molecule has 1 aliphatic heterocycles. The van der Waals surface area contributed by atoms with Crippen molar-refractivity contribution in [2.75, 3.05) is 64.3 Å².